The van der Waals surface area contributed by atoms with Crippen LogP contribution < -0.4 is 0 Å². The van der Waals surface area contributed by atoms with Crippen LogP contribution in [-0.4, -0.2) is 11.1 Å². The van der Waals surface area contributed by atoms with Gasteiger partial charge < -0.3 is 5.11 Å². The van der Waals surface area contributed by atoms with Gasteiger partial charge in [0.15, 0.2) is 0 Å². The molecule has 0 spiro atoms. The number of aromatic carboxylic acids is 1. The summed E-state index contributed by atoms with van der Waals surface area (Å²) in [4.78, 5) is 10.6. The van der Waals surface area contributed by atoms with E-state index in [1.807, 2.05) is 6.92 Å². The van der Waals surface area contributed by atoms with Gasteiger partial charge in [0.2, 0.25) is 0 Å². The van der Waals surface area contributed by atoms with Gasteiger partial charge in [0.05, 0.1) is 0 Å². The standard InChI is InChI=1S/C9H9O2.Y/c1-6-4-3-5-8(7(6)2)9(10)11;/h3,5H,1-2H3,(H,10,11);/q-1;. The van der Waals surface area contributed by atoms with E-state index in [9.17, 15) is 4.79 Å². The van der Waals surface area contributed by atoms with Gasteiger partial charge in [-0.3, -0.25) is 0 Å². The zero-order valence-electron chi connectivity index (χ0n) is 7.09. The van der Waals surface area contributed by atoms with Crippen molar-refractivity contribution in [2.45, 2.75) is 13.8 Å². The van der Waals surface area contributed by atoms with E-state index in [0.717, 1.165) is 11.1 Å². The number of benzene rings is 1. The number of carboxylic acids is 1. The van der Waals surface area contributed by atoms with E-state index in [4.69, 9.17) is 5.11 Å². The van der Waals surface area contributed by atoms with Crippen LogP contribution in [0, 0.1) is 19.9 Å². The topological polar surface area (TPSA) is 37.3 Å². The van der Waals surface area contributed by atoms with E-state index in [2.05, 4.69) is 6.07 Å². The van der Waals surface area contributed by atoms with Crippen LogP contribution in [0.2, 0.25) is 0 Å². The van der Waals surface area contributed by atoms with Gasteiger partial charge in [0, 0.05) is 32.7 Å². The van der Waals surface area contributed by atoms with E-state index in [-0.39, 0.29) is 32.7 Å². The number of hydrogen-bond donors (Lipinski definition) is 1. The minimum absolute atomic E-state index is 0. The third-order valence-electron chi connectivity index (χ3n) is 1.75. The first-order valence-corrected chi connectivity index (χ1v) is 3.34. The summed E-state index contributed by atoms with van der Waals surface area (Å²) in [5.41, 5.74) is 2.05. The third-order valence-corrected chi connectivity index (χ3v) is 1.75. The molecule has 0 saturated heterocycles. The first kappa shape index (κ1) is 11.8. The van der Waals surface area contributed by atoms with Crippen molar-refractivity contribution in [2.75, 3.05) is 0 Å². The Morgan fingerprint density at radius 2 is 2.08 bits per heavy atom. The fourth-order valence-electron chi connectivity index (χ4n) is 0.917. The molecule has 0 aliphatic heterocycles. The van der Waals surface area contributed by atoms with Crippen LogP contribution in [0.25, 0.3) is 0 Å². The van der Waals surface area contributed by atoms with Crippen molar-refractivity contribution in [3.05, 3.63) is 34.9 Å². The molecule has 0 unspecified atom stereocenters. The first-order chi connectivity index (χ1) is 5.13. The maximum absolute atomic E-state index is 10.6. The molecule has 3 heteroatoms. The Morgan fingerprint density at radius 1 is 1.50 bits per heavy atom. The van der Waals surface area contributed by atoms with E-state index in [0.29, 0.717) is 5.56 Å². The average molecular weight is 238 g/mol. The zero-order chi connectivity index (χ0) is 8.43. The van der Waals surface area contributed by atoms with Gasteiger partial charge in [-0.25, -0.2) is 4.79 Å². The molecule has 0 heterocycles. The van der Waals surface area contributed by atoms with E-state index >= 15 is 0 Å². The van der Waals surface area contributed by atoms with Crippen LogP contribution in [0.3, 0.4) is 0 Å². The average Bonchev–Trinajstić information content (AvgIpc) is 1.94. The summed E-state index contributed by atoms with van der Waals surface area (Å²) in [6.45, 7) is 3.64. The Bertz CT molecular complexity index is 295. The molecule has 0 atom stereocenters. The van der Waals surface area contributed by atoms with Gasteiger partial charge >= 0.3 is 5.97 Å². The summed E-state index contributed by atoms with van der Waals surface area (Å²) < 4.78 is 0. The molecule has 0 aliphatic carbocycles. The molecule has 0 fully saturated rings. The van der Waals surface area contributed by atoms with Gasteiger partial charge in [-0.05, 0) is 5.56 Å². The van der Waals surface area contributed by atoms with Gasteiger partial charge in [0.25, 0.3) is 0 Å². The zero-order valence-corrected chi connectivity index (χ0v) is 9.93. The molecule has 1 N–H and O–H groups in total. The number of rotatable bonds is 1. The second kappa shape index (κ2) is 4.73. The summed E-state index contributed by atoms with van der Waals surface area (Å²) >= 11 is 0. The fourth-order valence-corrected chi connectivity index (χ4v) is 0.917. The van der Waals surface area contributed by atoms with Gasteiger partial charge in [-0.15, -0.1) is 5.56 Å². The maximum atomic E-state index is 10.6. The Morgan fingerprint density at radius 3 is 2.50 bits per heavy atom. The number of carboxylic acid groups (broad SMARTS) is 1. The van der Waals surface area contributed by atoms with Crippen molar-refractivity contribution in [3.8, 4) is 0 Å². The molecule has 1 aromatic rings. The molecule has 0 bridgehead atoms. The molecular weight excluding hydrogens is 229 g/mol. The molecule has 0 aromatic heterocycles. The molecule has 2 nitrogen and oxygen atoms in total. The summed E-state index contributed by atoms with van der Waals surface area (Å²) in [5, 5.41) is 8.68. The van der Waals surface area contributed by atoms with Gasteiger partial charge in [-0.2, -0.15) is 23.8 Å². The van der Waals surface area contributed by atoms with Crippen LogP contribution in [0.5, 0.6) is 0 Å². The normalized spacial score (nSPS) is 8.83. The van der Waals surface area contributed by atoms with Gasteiger partial charge in [-0.1, -0.05) is 13.8 Å². The number of carbonyl (C=O) groups is 1. The minimum Gasteiger partial charge on any atom is -0.479 e. The first-order valence-electron chi connectivity index (χ1n) is 3.34. The number of aryl methyl sites for hydroxylation is 1. The minimum atomic E-state index is -0.875. The SMILES string of the molecule is Cc1[c-]ccc(C(=O)O)c1C.[Y]. The fraction of sp³-hybridized carbons (Fsp3) is 0.222. The summed E-state index contributed by atoms with van der Waals surface area (Å²) in [5.74, 6) is -0.875. The quantitative estimate of drug-likeness (QED) is 0.757. The smallest absolute Gasteiger partial charge is 0.311 e. The molecule has 0 aliphatic rings. The Labute approximate surface area is 96.9 Å². The monoisotopic (exact) mass is 238 g/mol. The molecule has 0 amide bonds. The number of hydrogen-bond acceptors (Lipinski definition) is 1. The van der Waals surface area contributed by atoms with Crippen LogP contribution in [-0.2, 0) is 32.7 Å². The van der Waals surface area contributed by atoms with Crippen LogP contribution in [0.1, 0.15) is 21.5 Å². The Kier molecular flexibility index (Phi) is 4.65. The molecule has 0 saturated carbocycles. The second-order valence-electron chi connectivity index (χ2n) is 2.45. The van der Waals surface area contributed by atoms with Crippen LogP contribution in [0.4, 0.5) is 0 Å². The Hall–Kier alpha value is -0.206. The summed E-state index contributed by atoms with van der Waals surface area (Å²) in [6, 6.07) is 6.12. The van der Waals surface area contributed by atoms with Crippen molar-refractivity contribution in [2.24, 2.45) is 0 Å². The van der Waals surface area contributed by atoms with Crippen molar-refractivity contribution in [1.82, 2.24) is 0 Å². The summed E-state index contributed by atoms with van der Waals surface area (Å²) in [6.07, 6.45) is 0. The molecule has 1 rings (SSSR count). The summed E-state index contributed by atoms with van der Waals surface area (Å²) in [7, 11) is 0. The van der Waals surface area contributed by atoms with Crippen molar-refractivity contribution < 1.29 is 42.6 Å². The largest absolute Gasteiger partial charge is 0.479 e. The van der Waals surface area contributed by atoms with E-state index in [1.165, 1.54) is 0 Å². The maximum Gasteiger partial charge on any atom is 0.311 e. The van der Waals surface area contributed by atoms with Crippen molar-refractivity contribution in [3.63, 3.8) is 0 Å². The van der Waals surface area contributed by atoms with Gasteiger partial charge in [0.1, 0.15) is 0 Å². The van der Waals surface area contributed by atoms with E-state index in [1.54, 1.807) is 19.1 Å². The predicted molar refractivity (Wildman–Crippen MR) is 41.7 cm³/mol. The van der Waals surface area contributed by atoms with Crippen molar-refractivity contribution >= 4 is 5.97 Å². The molecule has 61 valence electrons. The van der Waals surface area contributed by atoms with Crippen LogP contribution >= 0.6 is 0 Å². The van der Waals surface area contributed by atoms with Crippen molar-refractivity contribution in [1.29, 1.82) is 0 Å². The molecule has 1 radical (unpaired) electrons. The van der Waals surface area contributed by atoms with E-state index < -0.39 is 5.97 Å². The third kappa shape index (κ3) is 2.39. The second-order valence-corrected chi connectivity index (χ2v) is 2.45. The molecular formula is C9H9O2Y-. The molecule has 12 heavy (non-hydrogen) atoms. The molecule has 1 aromatic carbocycles. The predicted octanol–water partition coefficient (Wildman–Crippen LogP) is 1.80. The Balaban J connectivity index is 0.00000121. The van der Waals surface area contributed by atoms with Crippen LogP contribution in [0.15, 0.2) is 12.1 Å².